The highest BCUT2D eigenvalue weighted by Crippen LogP contribution is 2.26. The summed E-state index contributed by atoms with van der Waals surface area (Å²) in [4.78, 5) is 35.3. The van der Waals surface area contributed by atoms with Crippen molar-refractivity contribution >= 4 is 23.6 Å². The van der Waals surface area contributed by atoms with E-state index in [0.717, 1.165) is 17.5 Å². The van der Waals surface area contributed by atoms with Crippen LogP contribution in [0.4, 0.5) is 0 Å². The number of phenolic OH excluding ortho intramolecular Hbond substituents is 1. The summed E-state index contributed by atoms with van der Waals surface area (Å²) in [5.41, 5.74) is 1.55. The van der Waals surface area contributed by atoms with Gasteiger partial charge in [0.2, 0.25) is 0 Å². The zero-order valence-corrected chi connectivity index (χ0v) is 18.5. The predicted molar refractivity (Wildman–Crippen MR) is 121 cm³/mol. The molecule has 3 aromatic rings. The molecule has 0 aliphatic carbocycles. The van der Waals surface area contributed by atoms with Crippen LogP contribution in [0.15, 0.2) is 27.8 Å². The van der Waals surface area contributed by atoms with Crippen molar-refractivity contribution in [2.24, 2.45) is 0 Å². The molecular weight excluding hydrogens is 410 g/mol. The second-order valence-corrected chi connectivity index (χ2v) is 7.26. The molecule has 0 saturated heterocycles. The smallest absolute Gasteiger partial charge is 0.332 e. The summed E-state index contributed by atoms with van der Waals surface area (Å²) in [7, 11) is 3.85. The Morgan fingerprint density at radius 1 is 1.10 bits per heavy atom. The van der Waals surface area contributed by atoms with E-state index in [1.165, 1.54) is 4.57 Å². The molecule has 0 aliphatic heterocycles. The largest absolute Gasteiger partial charge is 0.508 e. The summed E-state index contributed by atoms with van der Waals surface area (Å²) in [5.74, 6) is 0.715. The Morgan fingerprint density at radius 2 is 1.73 bits per heavy atom. The first-order valence-electron chi connectivity index (χ1n) is 9.57. The van der Waals surface area contributed by atoms with E-state index in [0.29, 0.717) is 43.0 Å². The van der Waals surface area contributed by atoms with E-state index < -0.39 is 0 Å². The maximum Gasteiger partial charge on any atom is 0.332 e. The van der Waals surface area contributed by atoms with Crippen molar-refractivity contribution in [2.45, 2.75) is 46.3 Å². The molecule has 0 spiro atoms. The van der Waals surface area contributed by atoms with Gasteiger partial charge in [0.1, 0.15) is 17.1 Å². The van der Waals surface area contributed by atoms with Gasteiger partial charge in [0.25, 0.3) is 5.56 Å². The molecule has 2 heterocycles. The number of hydrogen-bond acceptors (Lipinski definition) is 5. The van der Waals surface area contributed by atoms with Crippen LogP contribution in [0.2, 0.25) is 0 Å². The van der Waals surface area contributed by atoms with Gasteiger partial charge in [-0.25, -0.2) is 9.78 Å². The lowest BCUT2D eigenvalue weighted by molar-refractivity contribution is 0.386. The Hall–Kier alpha value is -2.62. The Morgan fingerprint density at radius 3 is 2.33 bits per heavy atom. The van der Waals surface area contributed by atoms with Gasteiger partial charge < -0.3 is 20.5 Å². The van der Waals surface area contributed by atoms with E-state index in [2.05, 4.69) is 9.97 Å². The molecule has 4 N–H and O–H groups in total. The number of hydrogen-bond donors (Lipinski definition) is 2. The van der Waals surface area contributed by atoms with Crippen molar-refractivity contribution in [1.82, 2.24) is 24.0 Å². The normalized spacial score (nSPS) is 10.8. The second kappa shape index (κ2) is 10.4. The average molecular weight is 440 g/mol. The molecule has 0 aliphatic rings. The quantitative estimate of drug-likeness (QED) is 0.579. The van der Waals surface area contributed by atoms with E-state index in [1.54, 1.807) is 16.7 Å². The Labute approximate surface area is 180 Å². The summed E-state index contributed by atoms with van der Waals surface area (Å²) in [5, 5.41) is 10.1. The van der Waals surface area contributed by atoms with Gasteiger partial charge >= 0.3 is 5.69 Å². The zero-order valence-electron chi connectivity index (χ0n) is 17.7. The van der Waals surface area contributed by atoms with Crippen LogP contribution in [0, 0.1) is 0 Å². The Kier molecular flexibility index (Phi) is 8.83. The Bertz CT molecular complexity index is 1120. The van der Waals surface area contributed by atoms with Gasteiger partial charge in [-0.05, 0) is 45.1 Å². The molecule has 0 atom stereocenters. The summed E-state index contributed by atoms with van der Waals surface area (Å²) in [6, 6.07) is 5.22. The van der Waals surface area contributed by atoms with Crippen molar-refractivity contribution in [3.8, 4) is 17.1 Å². The van der Waals surface area contributed by atoms with E-state index in [1.807, 2.05) is 38.9 Å². The number of aromatic amines is 1. The lowest BCUT2D eigenvalue weighted by Crippen LogP contribution is -2.40. The molecule has 10 heteroatoms. The first-order chi connectivity index (χ1) is 13.4. The van der Waals surface area contributed by atoms with E-state index >= 15 is 0 Å². The third-order valence-corrected chi connectivity index (χ3v) is 4.60. The first-order valence-corrected chi connectivity index (χ1v) is 9.57. The fraction of sp³-hybridized carbons (Fsp3) is 0.450. The average Bonchev–Trinajstić information content (AvgIpc) is 3.09. The number of nitrogens with zero attached hydrogens (tertiary/aromatic N) is 4. The van der Waals surface area contributed by atoms with Crippen molar-refractivity contribution in [1.29, 1.82) is 0 Å². The van der Waals surface area contributed by atoms with Gasteiger partial charge in [0.15, 0.2) is 5.65 Å². The number of imidazole rings is 1. The van der Waals surface area contributed by atoms with Gasteiger partial charge in [-0.1, -0.05) is 13.8 Å². The molecule has 0 fully saturated rings. The molecule has 3 rings (SSSR count). The molecule has 0 saturated carbocycles. The number of halogens is 1. The molecule has 30 heavy (non-hydrogen) atoms. The lowest BCUT2D eigenvalue weighted by atomic mass is 10.1. The minimum atomic E-state index is -0.347. The predicted octanol–water partition coefficient (Wildman–Crippen LogP) is 1.74. The number of rotatable bonds is 7. The minimum absolute atomic E-state index is 0. The van der Waals surface area contributed by atoms with Crippen molar-refractivity contribution in [3.05, 3.63) is 44.6 Å². The van der Waals surface area contributed by atoms with Gasteiger partial charge in [-0.15, -0.1) is 12.4 Å². The third kappa shape index (κ3) is 4.75. The Balaban J connectivity index is 0.00000225. The molecule has 0 amide bonds. The van der Waals surface area contributed by atoms with E-state index in [-0.39, 0.29) is 34.9 Å². The molecule has 9 nitrogen and oxygen atoms in total. The van der Waals surface area contributed by atoms with Crippen LogP contribution in [-0.2, 0) is 19.6 Å². The SMILES string of the molecule is CCCn1c(=O)c2[nH]c(-c3ccc(O)c(CN(C)C)c3)nc2n(CCC)c1=O.Cl.O. The second-order valence-electron chi connectivity index (χ2n) is 7.26. The highest BCUT2D eigenvalue weighted by molar-refractivity contribution is 5.85. The summed E-state index contributed by atoms with van der Waals surface area (Å²) in [6.07, 6.45) is 1.45. The van der Waals surface area contributed by atoms with E-state index in [4.69, 9.17) is 0 Å². The fourth-order valence-electron chi connectivity index (χ4n) is 3.35. The van der Waals surface area contributed by atoms with Crippen LogP contribution in [0.1, 0.15) is 32.3 Å². The van der Waals surface area contributed by atoms with Gasteiger partial charge in [-0.3, -0.25) is 13.9 Å². The summed E-state index contributed by atoms with van der Waals surface area (Å²) in [6.45, 7) is 5.35. The monoisotopic (exact) mass is 439 g/mol. The number of aromatic nitrogens is 4. The number of nitrogens with one attached hydrogen (secondary N) is 1. The molecule has 166 valence electrons. The molecule has 1 aromatic carbocycles. The number of benzene rings is 1. The standard InChI is InChI=1S/C20H27N5O3.ClH.H2O/c1-5-9-24-18-16(19(27)25(10-6-2)20(24)28)21-17(22-18)13-7-8-15(26)14(11-13)12-23(3)4;;/h7-8,11,26H,5-6,9-10,12H2,1-4H3,(H,21,22);1H;1H2. The topological polar surface area (TPSA) is 128 Å². The molecule has 2 aromatic heterocycles. The number of H-pyrrole nitrogens is 1. The van der Waals surface area contributed by atoms with Gasteiger partial charge in [-0.2, -0.15) is 0 Å². The lowest BCUT2D eigenvalue weighted by Gasteiger charge is -2.12. The van der Waals surface area contributed by atoms with Crippen LogP contribution in [0.5, 0.6) is 5.75 Å². The van der Waals surface area contributed by atoms with Crippen molar-refractivity contribution < 1.29 is 10.6 Å². The van der Waals surface area contributed by atoms with Crippen LogP contribution in [-0.4, -0.2) is 48.7 Å². The molecule has 0 bridgehead atoms. The highest BCUT2D eigenvalue weighted by atomic mass is 35.5. The zero-order chi connectivity index (χ0) is 20.4. The molecular formula is C20H30ClN5O4. The number of aromatic hydroxyl groups is 1. The number of phenols is 1. The maximum atomic E-state index is 12.8. The molecule has 0 unspecified atom stereocenters. The van der Waals surface area contributed by atoms with Gasteiger partial charge in [0.05, 0.1) is 0 Å². The summed E-state index contributed by atoms with van der Waals surface area (Å²) >= 11 is 0. The van der Waals surface area contributed by atoms with Gasteiger partial charge in [0, 0.05) is 30.8 Å². The first kappa shape index (κ1) is 25.4. The van der Waals surface area contributed by atoms with Crippen molar-refractivity contribution in [2.75, 3.05) is 14.1 Å². The van der Waals surface area contributed by atoms with Crippen LogP contribution in [0.25, 0.3) is 22.6 Å². The van der Waals surface area contributed by atoms with E-state index in [9.17, 15) is 14.7 Å². The van der Waals surface area contributed by atoms with Crippen molar-refractivity contribution in [3.63, 3.8) is 0 Å². The summed E-state index contributed by atoms with van der Waals surface area (Å²) < 4.78 is 2.84. The number of fused-ring (bicyclic) bond motifs is 1. The maximum absolute atomic E-state index is 12.8. The fourth-order valence-corrected chi connectivity index (χ4v) is 3.35. The van der Waals surface area contributed by atoms with Crippen LogP contribution < -0.4 is 11.2 Å². The third-order valence-electron chi connectivity index (χ3n) is 4.60. The number of aryl methyl sites for hydroxylation is 1. The van der Waals surface area contributed by atoms with Crippen LogP contribution >= 0.6 is 12.4 Å². The minimum Gasteiger partial charge on any atom is -0.508 e. The highest BCUT2D eigenvalue weighted by Gasteiger charge is 2.18. The molecule has 0 radical (unpaired) electrons. The van der Waals surface area contributed by atoms with Crippen LogP contribution in [0.3, 0.4) is 0 Å².